The van der Waals surface area contributed by atoms with Crippen molar-refractivity contribution in [2.24, 2.45) is 0 Å². The van der Waals surface area contributed by atoms with E-state index in [2.05, 4.69) is 21.2 Å². The molecule has 1 unspecified atom stereocenters. The molecule has 0 saturated carbocycles. The third-order valence-corrected chi connectivity index (χ3v) is 4.33. The van der Waals surface area contributed by atoms with E-state index in [1.165, 1.54) is 30.0 Å². The summed E-state index contributed by atoms with van der Waals surface area (Å²) in [4.78, 5) is 13.1. The van der Waals surface area contributed by atoms with Crippen molar-refractivity contribution in [3.8, 4) is 0 Å². The second-order valence-corrected chi connectivity index (χ2v) is 6.77. The van der Waals surface area contributed by atoms with Gasteiger partial charge in [0.2, 0.25) is 5.91 Å². The second kappa shape index (κ2) is 6.95. The Balaban J connectivity index is 2.00. The summed E-state index contributed by atoms with van der Waals surface area (Å²) in [6, 6.07) is 11.9. The summed E-state index contributed by atoms with van der Waals surface area (Å²) in [6.07, 6.45) is 0. The number of nitrogens with one attached hydrogen (secondary N) is 1. The fourth-order valence-corrected chi connectivity index (χ4v) is 3.14. The zero-order valence-corrected chi connectivity index (χ0v) is 13.7. The normalized spacial score (nSPS) is 12.0. The summed E-state index contributed by atoms with van der Waals surface area (Å²) in [6.45, 7) is 1.81. The SMILES string of the molecule is CC(Sc1cccc(Br)c1)C(=O)Nc1ccc(F)c(N)c1. The molecule has 2 aromatic carbocycles. The van der Waals surface area contributed by atoms with Crippen LogP contribution in [0, 0.1) is 5.82 Å². The van der Waals surface area contributed by atoms with Gasteiger partial charge in [-0.25, -0.2) is 4.39 Å². The number of carbonyl (C=O) groups excluding carboxylic acids is 1. The summed E-state index contributed by atoms with van der Waals surface area (Å²) in [5, 5.41) is 2.44. The maximum Gasteiger partial charge on any atom is 0.237 e. The monoisotopic (exact) mass is 368 g/mol. The number of carbonyl (C=O) groups is 1. The Morgan fingerprint density at radius 2 is 2.10 bits per heavy atom. The lowest BCUT2D eigenvalue weighted by Crippen LogP contribution is -2.22. The Labute approximate surface area is 135 Å². The van der Waals surface area contributed by atoms with Crippen molar-refractivity contribution in [1.82, 2.24) is 0 Å². The molecule has 110 valence electrons. The molecule has 0 spiro atoms. The van der Waals surface area contributed by atoms with Gasteiger partial charge in [-0.05, 0) is 43.3 Å². The molecule has 0 aliphatic heterocycles. The molecule has 0 aliphatic rings. The van der Waals surface area contributed by atoms with Crippen molar-refractivity contribution < 1.29 is 9.18 Å². The van der Waals surface area contributed by atoms with Gasteiger partial charge < -0.3 is 11.1 Å². The van der Waals surface area contributed by atoms with E-state index in [9.17, 15) is 9.18 Å². The lowest BCUT2D eigenvalue weighted by Gasteiger charge is -2.12. The summed E-state index contributed by atoms with van der Waals surface area (Å²) in [7, 11) is 0. The number of hydrogen-bond acceptors (Lipinski definition) is 3. The largest absolute Gasteiger partial charge is 0.396 e. The smallest absolute Gasteiger partial charge is 0.237 e. The van der Waals surface area contributed by atoms with Gasteiger partial charge in [0.15, 0.2) is 0 Å². The van der Waals surface area contributed by atoms with E-state index >= 15 is 0 Å². The minimum atomic E-state index is -0.496. The first kappa shape index (κ1) is 15.9. The van der Waals surface area contributed by atoms with E-state index in [4.69, 9.17) is 5.73 Å². The Kier molecular flexibility index (Phi) is 5.25. The van der Waals surface area contributed by atoms with Crippen LogP contribution in [0.4, 0.5) is 15.8 Å². The fourth-order valence-electron chi connectivity index (χ4n) is 1.66. The highest BCUT2D eigenvalue weighted by atomic mass is 79.9. The molecule has 2 rings (SSSR count). The molecule has 0 heterocycles. The number of amides is 1. The highest BCUT2D eigenvalue weighted by Crippen LogP contribution is 2.27. The average molecular weight is 369 g/mol. The second-order valence-electron chi connectivity index (χ2n) is 4.44. The van der Waals surface area contributed by atoms with E-state index < -0.39 is 5.82 Å². The Morgan fingerprint density at radius 3 is 2.76 bits per heavy atom. The maximum atomic E-state index is 13.1. The molecule has 0 aliphatic carbocycles. The predicted molar refractivity (Wildman–Crippen MR) is 88.9 cm³/mol. The zero-order valence-electron chi connectivity index (χ0n) is 11.3. The van der Waals surface area contributed by atoms with Crippen LogP contribution >= 0.6 is 27.7 Å². The molecule has 0 radical (unpaired) electrons. The van der Waals surface area contributed by atoms with Crippen LogP contribution in [0.15, 0.2) is 51.8 Å². The zero-order chi connectivity index (χ0) is 15.4. The van der Waals surface area contributed by atoms with Gasteiger partial charge in [0.1, 0.15) is 5.82 Å². The van der Waals surface area contributed by atoms with Gasteiger partial charge in [-0.3, -0.25) is 4.79 Å². The van der Waals surface area contributed by atoms with Crippen molar-refractivity contribution in [3.05, 3.63) is 52.8 Å². The number of hydrogen-bond donors (Lipinski definition) is 2. The molecule has 3 nitrogen and oxygen atoms in total. The highest BCUT2D eigenvalue weighted by Gasteiger charge is 2.15. The van der Waals surface area contributed by atoms with Gasteiger partial charge in [0.25, 0.3) is 0 Å². The van der Waals surface area contributed by atoms with Gasteiger partial charge in [-0.15, -0.1) is 11.8 Å². The van der Waals surface area contributed by atoms with Crippen molar-refractivity contribution in [2.45, 2.75) is 17.1 Å². The minimum Gasteiger partial charge on any atom is -0.396 e. The lowest BCUT2D eigenvalue weighted by atomic mass is 10.2. The van der Waals surface area contributed by atoms with E-state index in [0.717, 1.165) is 9.37 Å². The van der Waals surface area contributed by atoms with Crippen molar-refractivity contribution in [3.63, 3.8) is 0 Å². The van der Waals surface area contributed by atoms with Crippen molar-refractivity contribution in [1.29, 1.82) is 0 Å². The maximum absolute atomic E-state index is 13.1. The first-order valence-electron chi connectivity index (χ1n) is 6.24. The number of nitrogen functional groups attached to an aromatic ring is 1. The lowest BCUT2D eigenvalue weighted by molar-refractivity contribution is -0.115. The highest BCUT2D eigenvalue weighted by molar-refractivity contribution is 9.10. The van der Waals surface area contributed by atoms with Gasteiger partial charge in [-0.2, -0.15) is 0 Å². The molecule has 0 fully saturated rings. The number of benzene rings is 2. The molecule has 2 aromatic rings. The molecule has 0 bridgehead atoms. The molecule has 1 atom stereocenters. The minimum absolute atomic E-state index is 0.0140. The third-order valence-electron chi connectivity index (χ3n) is 2.74. The van der Waals surface area contributed by atoms with Crippen LogP contribution in [0.1, 0.15) is 6.92 Å². The van der Waals surface area contributed by atoms with Crippen LogP contribution in [0.5, 0.6) is 0 Å². The molecule has 1 amide bonds. The van der Waals surface area contributed by atoms with Crippen molar-refractivity contribution >= 4 is 45.0 Å². The Hall–Kier alpha value is -1.53. The first-order valence-corrected chi connectivity index (χ1v) is 7.91. The molecule has 0 saturated heterocycles. The molecule has 21 heavy (non-hydrogen) atoms. The number of rotatable bonds is 4. The Morgan fingerprint density at radius 1 is 1.33 bits per heavy atom. The van der Waals surface area contributed by atoms with E-state index in [0.29, 0.717) is 5.69 Å². The number of thioether (sulfide) groups is 1. The standard InChI is InChI=1S/C15H14BrFN2OS/c1-9(21-12-4-2-3-10(16)7-12)15(20)19-11-5-6-13(17)14(18)8-11/h2-9H,18H2,1H3,(H,19,20). The molecular formula is C15H14BrFN2OS. The molecule has 6 heteroatoms. The summed E-state index contributed by atoms with van der Waals surface area (Å²) >= 11 is 4.84. The van der Waals surface area contributed by atoms with Crippen molar-refractivity contribution in [2.75, 3.05) is 11.1 Å². The summed E-state index contributed by atoms with van der Waals surface area (Å²) < 4.78 is 14.0. The van der Waals surface area contributed by atoms with Crippen LogP contribution in [0.2, 0.25) is 0 Å². The van der Waals surface area contributed by atoms with Crippen LogP contribution in [0.25, 0.3) is 0 Å². The van der Waals surface area contributed by atoms with E-state index in [1.54, 1.807) is 0 Å². The van der Waals surface area contributed by atoms with Crippen LogP contribution in [0.3, 0.4) is 0 Å². The number of anilines is 2. The van der Waals surface area contributed by atoms with Crippen LogP contribution in [-0.4, -0.2) is 11.2 Å². The first-order chi connectivity index (χ1) is 9.95. The summed E-state index contributed by atoms with van der Waals surface area (Å²) in [5.74, 6) is -0.657. The van der Waals surface area contributed by atoms with Gasteiger partial charge in [0.05, 0.1) is 10.9 Å². The van der Waals surface area contributed by atoms with E-state index in [1.807, 2.05) is 31.2 Å². The number of halogens is 2. The molecule has 3 N–H and O–H groups in total. The third kappa shape index (κ3) is 4.47. The predicted octanol–water partition coefficient (Wildman–Crippen LogP) is 4.29. The van der Waals surface area contributed by atoms with Crippen LogP contribution in [-0.2, 0) is 4.79 Å². The quantitative estimate of drug-likeness (QED) is 0.625. The van der Waals surface area contributed by atoms with Crippen LogP contribution < -0.4 is 11.1 Å². The van der Waals surface area contributed by atoms with Gasteiger partial charge >= 0.3 is 0 Å². The Bertz CT molecular complexity index is 666. The number of nitrogens with two attached hydrogens (primary N) is 1. The molecule has 0 aromatic heterocycles. The van der Waals surface area contributed by atoms with E-state index in [-0.39, 0.29) is 16.8 Å². The molecular weight excluding hydrogens is 355 g/mol. The van der Waals surface area contributed by atoms with Gasteiger partial charge in [0, 0.05) is 15.1 Å². The topological polar surface area (TPSA) is 55.1 Å². The summed E-state index contributed by atoms with van der Waals surface area (Å²) in [5.41, 5.74) is 5.98. The van der Waals surface area contributed by atoms with Gasteiger partial charge in [-0.1, -0.05) is 22.0 Å². The fraction of sp³-hybridized carbons (Fsp3) is 0.133. The average Bonchev–Trinajstić information content (AvgIpc) is 2.43.